The predicted molar refractivity (Wildman–Crippen MR) is 352 cm³/mol. The van der Waals surface area contributed by atoms with Gasteiger partial charge in [0.05, 0.1) is 157 Å². The SMILES string of the molecule is CCC1O[C@@H](OCCOCCOCCNC(=O)CCOCC(COCCC(=O)NCCOCCOCCO[C@@H]2OC(CC)[C@H](C)[C@H](C)C2C)(COCCC(=O)NCCOCCOCCO[C@@H]2OC(CC)[C@H](C)[C@H](C)C2C)CC(=O)CCCCCN=[N+]=[N-])C(C)[C@@H](C)[C@H]1C. The highest BCUT2D eigenvalue weighted by Crippen LogP contribution is 2.39. The van der Waals surface area contributed by atoms with Crippen LogP contribution in [0.3, 0.4) is 0 Å². The fraction of sp³-hybridized carbons (Fsp3) is 0.941. The zero-order valence-corrected chi connectivity index (χ0v) is 59.2. The first-order valence-electron chi connectivity index (χ1n) is 35.3. The molecule has 3 aliphatic rings. The molecule has 0 radical (unpaired) electrons. The molecule has 3 heterocycles. The number of ketones is 1. The van der Waals surface area contributed by atoms with E-state index in [0.717, 1.165) is 19.3 Å². The molecule has 0 aromatic heterocycles. The third-order valence-electron chi connectivity index (χ3n) is 19.0. The van der Waals surface area contributed by atoms with E-state index in [0.29, 0.717) is 198 Å². The highest BCUT2D eigenvalue weighted by atomic mass is 16.7. The van der Waals surface area contributed by atoms with Gasteiger partial charge >= 0.3 is 0 Å². The maximum absolute atomic E-state index is 13.7. The van der Waals surface area contributed by atoms with Crippen molar-refractivity contribution in [3.05, 3.63) is 10.4 Å². The van der Waals surface area contributed by atoms with Gasteiger partial charge in [-0.3, -0.25) is 19.2 Å². The van der Waals surface area contributed by atoms with E-state index in [-0.39, 0.29) is 132 Å². The van der Waals surface area contributed by atoms with Crippen LogP contribution >= 0.6 is 0 Å². The number of azide groups is 1. The van der Waals surface area contributed by atoms with Crippen molar-refractivity contribution in [2.45, 2.75) is 191 Å². The highest BCUT2D eigenvalue weighted by molar-refractivity contribution is 5.79. The summed E-state index contributed by atoms with van der Waals surface area (Å²) in [6.07, 6.45) is 4.99. The van der Waals surface area contributed by atoms with Crippen molar-refractivity contribution in [2.24, 2.45) is 63.8 Å². The van der Waals surface area contributed by atoms with Gasteiger partial charge < -0.3 is 87.0 Å². The zero-order valence-electron chi connectivity index (χ0n) is 59.2. The number of hydrogen-bond donors (Lipinski definition) is 3. The van der Waals surface area contributed by atoms with E-state index in [1.54, 1.807) is 0 Å². The molecule has 3 amide bonds. The van der Waals surface area contributed by atoms with Crippen molar-refractivity contribution in [1.82, 2.24) is 16.0 Å². The van der Waals surface area contributed by atoms with Crippen LogP contribution in [0, 0.1) is 58.7 Å². The van der Waals surface area contributed by atoms with Crippen LogP contribution in [0.4, 0.5) is 0 Å². The topological polar surface area (TPSA) is 292 Å². The Morgan fingerprint density at radius 1 is 0.387 bits per heavy atom. The summed E-state index contributed by atoms with van der Waals surface area (Å²) >= 11 is 0. The number of hydrogen-bond acceptors (Lipinski definition) is 20. The second-order valence-electron chi connectivity index (χ2n) is 25.8. The largest absolute Gasteiger partial charge is 0.380 e. The maximum atomic E-state index is 13.7. The molecule has 0 aliphatic carbocycles. The summed E-state index contributed by atoms with van der Waals surface area (Å²) in [4.78, 5) is 55.3. The minimum atomic E-state index is -1.04. The smallest absolute Gasteiger partial charge is 0.222 e. The molecule has 25 nitrogen and oxygen atoms in total. The van der Waals surface area contributed by atoms with Gasteiger partial charge in [-0.05, 0) is 73.1 Å². The van der Waals surface area contributed by atoms with Crippen molar-refractivity contribution in [1.29, 1.82) is 0 Å². The molecule has 0 saturated carbocycles. The molecule has 3 fully saturated rings. The van der Waals surface area contributed by atoms with Crippen molar-refractivity contribution in [3.8, 4) is 0 Å². The lowest BCUT2D eigenvalue weighted by atomic mass is 9.78. The number of nitrogens with one attached hydrogen (secondary N) is 3. The van der Waals surface area contributed by atoms with Crippen LogP contribution in [0.5, 0.6) is 0 Å². The minimum absolute atomic E-state index is 0.00851. The molecular formula is C68H126N6O19. The number of ether oxygens (including phenoxy) is 15. The normalized spacial score (nSPS) is 27.1. The Labute approximate surface area is 557 Å². The second-order valence-corrected chi connectivity index (χ2v) is 25.8. The Morgan fingerprint density at radius 2 is 0.699 bits per heavy atom. The molecule has 25 heteroatoms. The first kappa shape index (κ1) is 84.0. The lowest BCUT2D eigenvalue weighted by molar-refractivity contribution is -0.251. The third-order valence-corrected chi connectivity index (χ3v) is 19.0. The number of Topliss-reactive ketones (excluding diaryl/α,β-unsaturated/α-hetero) is 1. The number of carbonyl (C=O) groups is 4. The van der Waals surface area contributed by atoms with Gasteiger partial charge in [-0.25, -0.2) is 0 Å². The standard InChI is InChI=1S/C68H126N6O19/c1-13-59-52(7)49(4)55(10)65(91-59)88-42-39-82-36-33-79-30-24-70-62(76)20-27-85-46-68(45-58(75)19-17-16-18-23-73-74-69,47-86-28-21-63(77)71-25-31-80-34-37-83-40-43-89-66-56(11)50(5)53(8)60(14-2)92-66)48-87-29-22-64(78)72-26-32-81-35-38-84-41-44-90-67-57(12)51(6)54(9)61(15-3)93-67/h49-57,59-61,65-67H,13-48H2,1-12H3,(H,70,76)(H,71,77)(H,72,78)/t49-,50-,51-,52+,53+,54+,55?,56?,57?,59?,60?,61?,65+,66+,67+,68?/m0/s1. The molecule has 3 rings (SSSR count). The quantitative estimate of drug-likeness (QED) is 0.0222. The van der Waals surface area contributed by atoms with Crippen molar-refractivity contribution in [2.75, 3.05) is 165 Å². The monoisotopic (exact) mass is 1330 g/mol. The fourth-order valence-corrected chi connectivity index (χ4v) is 12.0. The Kier molecular flexibility index (Phi) is 46.1. The molecule has 3 saturated heterocycles. The van der Waals surface area contributed by atoms with Crippen LogP contribution in [0.25, 0.3) is 10.4 Å². The molecule has 0 aromatic carbocycles. The number of nitrogens with zero attached hydrogens (tertiary/aromatic N) is 3. The van der Waals surface area contributed by atoms with E-state index in [2.05, 4.69) is 109 Å². The summed E-state index contributed by atoms with van der Waals surface area (Å²) < 4.78 is 89.4. The zero-order chi connectivity index (χ0) is 68.1. The molecule has 0 bridgehead atoms. The first-order valence-corrected chi connectivity index (χ1v) is 35.3. The van der Waals surface area contributed by atoms with Crippen LogP contribution in [0.15, 0.2) is 5.11 Å². The maximum Gasteiger partial charge on any atom is 0.222 e. The predicted octanol–water partition coefficient (Wildman–Crippen LogP) is 8.65. The summed E-state index contributed by atoms with van der Waals surface area (Å²) in [6.45, 7) is 33.3. The molecule has 0 aromatic rings. The van der Waals surface area contributed by atoms with Crippen LogP contribution < -0.4 is 16.0 Å². The number of rotatable bonds is 56. The Hall–Kier alpha value is -3.21. The van der Waals surface area contributed by atoms with Crippen molar-refractivity contribution in [3.63, 3.8) is 0 Å². The van der Waals surface area contributed by atoms with Gasteiger partial charge in [0.1, 0.15) is 5.78 Å². The van der Waals surface area contributed by atoms with Crippen LogP contribution in [-0.4, -0.2) is 226 Å². The number of amides is 3. The summed E-state index contributed by atoms with van der Waals surface area (Å²) in [5.74, 6) is 3.05. The van der Waals surface area contributed by atoms with E-state index in [9.17, 15) is 19.2 Å². The lowest BCUT2D eigenvalue weighted by Crippen LogP contribution is -2.45. The minimum Gasteiger partial charge on any atom is -0.380 e. The van der Waals surface area contributed by atoms with Crippen LogP contribution in [0.1, 0.15) is 154 Å². The van der Waals surface area contributed by atoms with E-state index in [4.69, 9.17) is 76.6 Å². The summed E-state index contributed by atoms with van der Waals surface area (Å²) in [5, 5.41) is 12.2. The molecule has 6 unspecified atom stereocenters. The average Bonchev–Trinajstić information content (AvgIpc) is 1.03. The van der Waals surface area contributed by atoms with Crippen LogP contribution in [-0.2, 0) is 90.2 Å². The second kappa shape index (κ2) is 51.0. The van der Waals surface area contributed by atoms with E-state index in [1.807, 2.05) is 0 Å². The van der Waals surface area contributed by atoms with Gasteiger partial charge in [0, 0.05) is 86.4 Å². The molecule has 93 heavy (non-hydrogen) atoms. The first-order chi connectivity index (χ1) is 44.9. The van der Waals surface area contributed by atoms with Gasteiger partial charge in [-0.2, -0.15) is 0 Å². The van der Waals surface area contributed by atoms with Gasteiger partial charge in [0.2, 0.25) is 17.7 Å². The number of unbranched alkanes of at least 4 members (excludes halogenated alkanes) is 2. The summed E-state index contributed by atoms with van der Waals surface area (Å²) in [7, 11) is 0. The fourth-order valence-electron chi connectivity index (χ4n) is 12.0. The van der Waals surface area contributed by atoms with E-state index >= 15 is 0 Å². The Balaban J connectivity index is 1.45. The van der Waals surface area contributed by atoms with Crippen molar-refractivity contribution < 1.29 is 90.2 Å². The molecule has 3 N–H and O–H groups in total. The summed E-state index contributed by atoms with van der Waals surface area (Å²) in [5.41, 5.74) is 7.66. The van der Waals surface area contributed by atoms with E-state index < -0.39 is 5.41 Å². The highest BCUT2D eigenvalue weighted by Gasteiger charge is 2.41. The third kappa shape index (κ3) is 34.7. The summed E-state index contributed by atoms with van der Waals surface area (Å²) in [6, 6.07) is 0. The van der Waals surface area contributed by atoms with Crippen LogP contribution in [0.2, 0.25) is 0 Å². The van der Waals surface area contributed by atoms with Crippen molar-refractivity contribution >= 4 is 23.5 Å². The van der Waals surface area contributed by atoms with Gasteiger partial charge in [-0.15, -0.1) is 0 Å². The molecule has 15 atom stereocenters. The van der Waals surface area contributed by atoms with Gasteiger partial charge in [-0.1, -0.05) is 94.6 Å². The van der Waals surface area contributed by atoms with Gasteiger partial charge in [0.25, 0.3) is 0 Å². The molecular weight excluding hydrogens is 1200 g/mol. The van der Waals surface area contributed by atoms with E-state index in [1.165, 1.54) is 0 Å². The molecule has 542 valence electrons. The van der Waals surface area contributed by atoms with Gasteiger partial charge in [0.15, 0.2) is 18.9 Å². The Bertz CT molecular complexity index is 1830. The lowest BCUT2D eigenvalue weighted by Gasteiger charge is -2.43. The average molecular weight is 1330 g/mol. The Morgan fingerprint density at radius 3 is 1.01 bits per heavy atom. The number of carbonyl (C=O) groups excluding carboxylic acids is 4. The molecule has 0 spiro atoms. The molecule has 3 aliphatic heterocycles.